The molecule has 2 amide bonds. The highest BCUT2D eigenvalue weighted by molar-refractivity contribution is 5.99. The molecular formula is C20H40N6O6. The lowest BCUT2D eigenvalue weighted by Gasteiger charge is -2.33. The Hall–Kier alpha value is -2.60. The van der Waals surface area contributed by atoms with E-state index in [1.165, 1.54) is 4.90 Å². The highest BCUT2D eigenvalue weighted by atomic mass is 16.6. The minimum Gasteiger partial charge on any atom is -0.449 e. The predicted molar refractivity (Wildman–Crippen MR) is 122 cm³/mol. The summed E-state index contributed by atoms with van der Waals surface area (Å²) in [6.45, 7) is 8.85. The van der Waals surface area contributed by atoms with E-state index in [0.717, 1.165) is 12.8 Å². The molecule has 2 unspecified atom stereocenters. The van der Waals surface area contributed by atoms with Gasteiger partial charge in [0.05, 0.1) is 31.0 Å². The van der Waals surface area contributed by atoms with Gasteiger partial charge in [0, 0.05) is 20.5 Å². The number of guanidine groups is 2. The van der Waals surface area contributed by atoms with Gasteiger partial charge in [-0.1, -0.05) is 13.8 Å². The average Bonchev–Trinajstić information content (AvgIpc) is 2.70. The van der Waals surface area contributed by atoms with E-state index >= 15 is 0 Å². The summed E-state index contributed by atoms with van der Waals surface area (Å²) in [5.74, 6) is -0.318. The molecule has 0 aliphatic rings. The van der Waals surface area contributed by atoms with Gasteiger partial charge < -0.3 is 35.3 Å². The third-order valence-corrected chi connectivity index (χ3v) is 5.10. The lowest BCUT2D eigenvalue weighted by Crippen LogP contribution is -2.40. The Morgan fingerprint density at radius 1 is 0.938 bits per heavy atom. The molecule has 0 aromatic rings. The molecule has 0 aliphatic heterocycles. The second kappa shape index (κ2) is 14.5. The molecule has 0 spiro atoms. The van der Waals surface area contributed by atoms with Crippen LogP contribution in [0.4, 0.5) is 9.59 Å². The number of ether oxygens (including phenoxy) is 4. The summed E-state index contributed by atoms with van der Waals surface area (Å²) in [6, 6.07) is 0. The number of alkyl carbamates (subject to hydrolysis) is 1. The zero-order valence-electron chi connectivity index (χ0n) is 20.2. The van der Waals surface area contributed by atoms with Crippen molar-refractivity contribution in [3.63, 3.8) is 0 Å². The van der Waals surface area contributed by atoms with Gasteiger partial charge in [0.1, 0.15) is 6.61 Å². The Labute approximate surface area is 190 Å². The van der Waals surface area contributed by atoms with Gasteiger partial charge in [0.15, 0.2) is 0 Å². The van der Waals surface area contributed by atoms with Crippen LogP contribution in [-0.2, 0) is 18.9 Å². The molecule has 6 N–H and O–H groups in total. The molecule has 0 saturated heterocycles. The highest BCUT2D eigenvalue weighted by Crippen LogP contribution is 2.24. The largest absolute Gasteiger partial charge is 0.449 e. The Morgan fingerprint density at radius 2 is 1.47 bits per heavy atom. The first-order valence-corrected chi connectivity index (χ1v) is 10.6. The number of rotatable bonds is 13. The van der Waals surface area contributed by atoms with Crippen LogP contribution in [0.25, 0.3) is 0 Å². The summed E-state index contributed by atoms with van der Waals surface area (Å²) in [5.41, 5.74) is 9.60. The highest BCUT2D eigenvalue weighted by Gasteiger charge is 2.27. The monoisotopic (exact) mass is 460 g/mol. The van der Waals surface area contributed by atoms with Gasteiger partial charge in [-0.3, -0.25) is 10.7 Å². The summed E-state index contributed by atoms with van der Waals surface area (Å²) < 4.78 is 21.8. The Morgan fingerprint density at radius 3 is 1.97 bits per heavy atom. The lowest BCUT2D eigenvalue weighted by molar-refractivity contribution is -0.0982. The van der Waals surface area contributed by atoms with Crippen molar-refractivity contribution in [1.82, 2.24) is 10.2 Å². The van der Waals surface area contributed by atoms with Crippen molar-refractivity contribution in [2.75, 3.05) is 40.5 Å². The molecule has 0 aliphatic carbocycles. The summed E-state index contributed by atoms with van der Waals surface area (Å²) in [5, 5.41) is 9.84. The van der Waals surface area contributed by atoms with Crippen molar-refractivity contribution in [1.29, 1.82) is 5.41 Å². The molecule has 0 fully saturated rings. The van der Waals surface area contributed by atoms with E-state index in [0.29, 0.717) is 19.4 Å². The van der Waals surface area contributed by atoms with E-state index in [1.807, 2.05) is 27.7 Å². The van der Waals surface area contributed by atoms with E-state index < -0.39 is 23.4 Å². The maximum absolute atomic E-state index is 11.9. The molecule has 12 heteroatoms. The zero-order chi connectivity index (χ0) is 24.8. The van der Waals surface area contributed by atoms with E-state index in [-0.39, 0.29) is 31.7 Å². The maximum Gasteiger partial charge on any atom is 0.413 e. The molecule has 186 valence electrons. The Balaban J connectivity index is 4.44. The number of amides is 2. The van der Waals surface area contributed by atoms with Crippen molar-refractivity contribution >= 4 is 24.1 Å². The molecule has 12 nitrogen and oxygen atoms in total. The molecule has 0 aromatic carbocycles. The molecule has 0 bridgehead atoms. The predicted octanol–water partition coefficient (Wildman–Crippen LogP) is 1.77. The minimum absolute atomic E-state index is 0.0989. The van der Waals surface area contributed by atoms with Crippen LogP contribution in [0.5, 0.6) is 0 Å². The van der Waals surface area contributed by atoms with Gasteiger partial charge in [-0.15, -0.1) is 0 Å². The van der Waals surface area contributed by atoms with Gasteiger partial charge in [-0.25, -0.2) is 9.59 Å². The van der Waals surface area contributed by atoms with Crippen molar-refractivity contribution in [3.05, 3.63) is 0 Å². The number of nitrogens with zero attached hydrogens (tertiary/aromatic N) is 2. The Kier molecular flexibility index (Phi) is 13.3. The number of aliphatic imine (C=N–C) groups is 1. The molecule has 2 atom stereocenters. The fourth-order valence-corrected chi connectivity index (χ4v) is 2.39. The van der Waals surface area contributed by atoms with E-state index in [2.05, 4.69) is 15.0 Å². The SMILES string of the molecule is CCC(C)(CCOC(=O)N/C(N)=N/C(=N)N(C)C)OCCC(C)(CC)OCCOC(N)=O. The summed E-state index contributed by atoms with van der Waals surface area (Å²) in [4.78, 5) is 27.6. The first kappa shape index (κ1) is 29.4. The summed E-state index contributed by atoms with van der Waals surface area (Å²) in [7, 11) is 3.27. The summed E-state index contributed by atoms with van der Waals surface area (Å²) >= 11 is 0. The minimum atomic E-state index is -0.826. The van der Waals surface area contributed by atoms with Gasteiger partial charge in [-0.2, -0.15) is 4.99 Å². The number of carbonyl (C=O) groups excluding carboxylic acids is 2. The van der Waals surface area contributed by atoms with Crippen molar-refractivity contribution in [3.8, 4) is 0 Å². The molecule has 0 heterocycles. The van der Waals surface area contributed by atoms with Crippen molar-refractivity contribution in [2.24, 2.45) is 16.5 Å². The van der Waals surface area contributed by atoms with E-state index in [4.69, 9.17) is 31.1 Å². The number of carbonyl (C=O) groups is 2. The van der Waals surface area contributed by atoms with E-state index in [1.54, 1.807) is 14.1 Å². The van der Waals surface area contributed by atoms with Crippen molar-refractivity contribution in [2.45, 2.75) is 64.6 Å². The molecule has 0 saturated carbocycles. The van der Waals surface area contributed by atoms with Crippen LogP contribution in [0, 0.1) is 5.41 Å². The van der Waals surface area contributed by atoms with Crippen LogP contribution >= 0.6 is 0 Å². The van der Waals surface area contributed by atoms with Crippen LogP contribution in [0.3, 0.4) is 0 Å². The zero-order valence-corrected chi connectivity index (χ0v) is 20.2. The smallest absolute Gasteiger partial charge is 0.413 e. The average molecular weight is 461 g/mol. The van der Waals surface area contributed by atoms with Gasteiger partial charge in [0.2, 0.25) is 11.9 Å². The van der Waals surface area contributed by atoms with Crippen molar-refractivity contribution < 1.29 is 28.5 Å². The third kappa shape index (κ3) is 13.0. The Bertz CT molecular complexity index is 644. The molecule has 0 aromatic heterocycles. The maximum atomic E-state index is 11.9. The second-order valence-electron chi connectivity index (χ2n) is 7.95. The quantitative estimate of drug-likeness (QED) is 0.183. The van der Waals surface area contributed by atoms with Gasteiger partial charge in [-0.05, 0) is 33.1 Å². The first-order valence-electron chi connectivity index (χ1n) is 10.6. The number of hydrogen-bond acceptors (Lipinski definition) is 7. The molecular weight excluding hydrogens is 420 g/mol. The molecule has 0 radical (unpaired) electrons. The summed E-state index contributed by atoms with van der Waals surface area (Å²) in [6.07, 6.45) is 1.03. The fourth-order valence-electron chi connectivity index (χ4n) is 2.39. The molecule has 32 heavy (non-hydrogen) atoms. The fraction of sp³-hybridized carbons (Fsp3) is 0.800. The number of hydrogen-bond donors (Lipinski definition) is 4. The van der Waals surface area contributed by atoms with Crippen LogP contribution in [0.15, 0.2) is 4.99 Å². The van der Waals surface area contributed by atoms with Crippen LogP contribution < -0.4 is 16.8 Å². The van der Waals surface area contributed by atoms with Crippen LogP contribution in [0.1, 0.15) is 53.4 Å². The van der Waals surface area contributed by atoms with Crippen LogP contribution in [0.2, 0.25) is 0 Å². The first-order chi connectivity index (χ1) is 14.9. The molecule has 0 rings (SSSR count). The third-order valence-electron chi connectivity index (χ3n) is 5.10. The second-order valence-corrected chi connectivity index (χ2v) is 7.95. The van der Waals surface area contributed by atoms with Gasteiger partial charge >= 0.3 is 12.2 Å². The van der Waals surface area contributed by atoms with E-state index in [9.17, 15) is 9.59 Å². The normalized spacial score (nSPS) is 15.2. The number of nitrogens with one attached hydrogen (secondary N) is 2. The number of primary amides is 1. The van der Waals surface area contributed by atoms with Crippen LogP contribution in [-0.4, -0.2) is 80.7 Å². The number of nitrogens with two attached hydrogens (primary N) is 2. The topological polar surface area (TPSA) is 175 Å². The van der Waals surface area contributed by atoms with Gasteiger partial charge in [0.25, 0.3) is 0 Å². The standard InChI is InChI=1S/C20H40N6O6/c1-7-19(3,9-11-30-18(28)25-15(21)24-16(22)26(5)6)31-12-10-20(4,8-2)32-14-13-29-17(23)27/h7-14H2,1-6H3,(H2,23,27)(H4,21,22,24,25,28). The lowest BCUT2D eigenvalue weighted by atomic mass is 9.97.